The van der Waals surface area contributed by atoms with Gasteiger partial charge in [0.1, 0.15) is 17.8 Å². The second-order valence-electron chi connectivity index (χ2n) is 11.5. The molecule has 33 heavy (non-hydrogen) atoms. The lowest BCUT2D eigenvalue weighted by Gasteiger charge is -2.61. The fourth-order valence-corrected chi connectivity index (χ4v) is 9.20. The normalized spacial score (nSPS) is 49.9. The molecule has 5 aliphatic rings. The maximum atomic E-state index is 12.1. The molecule has 180 valence electrons. The zero-order chi connectivity index (χ0) is 23.2. The van der Waals surface area contributed by atoms with E-state index in [4.69, 9.17) is 13.9 Å². The maximum Gasteiger partial charge on any atom is 0.335 e. The molecule has 5 fully saturated rings. The van der Waals surface area contributed by atoms with Crippen molar-refractivity contribution < 1.29 is 28.9 Å². The zero-order valence-corrected chi connectivity index (χ0v) is 19.4. The molecule has 7 heteroatoms. The van der Waals surface area contributed by atoms with Gasteiger partial charge in [-0.25, -0.2) is 4.79 Å². The van der Waals surface area contributed by atoms with E-state index < -0.39 is 17.3 Å². The molecule has 4 aliphatic carbocycles. The van der Waals surface area contributed by atoms with Gasteiger partial charge >= 0.3 is 11.6 Å². The Morgan fingerprint density at radius 2 is 2.00 bits per heavy atom. The number of esters is 1. The van der Waals surface area contributed by atoms with Gasteiger partial charge in [-0.1, -0.05) is 6.92 Å². The van der Waals surface area contributed by atoms with E-state index >= 15 is 0 Å². The van der Waals surface area contributed by atoms with Crippen LogP contribution in [-0.4, -0.2) is 46.7 Å². The first-order chi connectivity index (χ1) is 15.8. The molecule has 1 aromatic heterocycles. The van der Waals surface area contributed by atoms with Crippen molar-refractivity contribution >= 4 is 5.97 Å². The standard InChI is InChI=1S/C26H34O7/c1-14(28)32-22-21(15-3-6-20(30)31-12-15)24(2)9-8-18-19(26(24)23(22)33-26)5-4-16-11-17(29)7-10-25(16,18)13-27/h3,6,12,16-19,21-23,27,29H,4-5,7-11,13H2,1-2H3/t16-,17+,18?,19?,21?,22-,23-,24?,25-,26-/m1/s1. The van der Waals surface area contributed by atoms with Crippen LogP contribution in [0.1, 0.15) is 70.3 Å². The van der Waals surface area contributed by atoms with E-state index in [1.165, 1.54) is 19.3 Å². The lowest BCUT2D eigenvalue weighted by molar-refractivity contribution is -0.169. The number of epoxide rings is 1. The summed E-state index contributed by atoms with van der Waals surface area (Å²) in [5.41, 5.74) is -0.350. The molecule has 1 spiro atoms. The molecule has 1 aliphatic heterocycles. The molecule has 1 saturated heterocycles. The predicted octanol–water partition coefficient (Wildman–Crippen LogP) is 2.77. The fourth-order valence-electron chi connectivity index (χ4n) is 9.20. The molecule has 2 heterocycles. The summed E-state index contributed by atoms with van der Waals surface area (Å²) in [4.78, 5) is 23.7. The Kier molecular flexibility index (Phi) is 4.73. The highest BCUT2D eigenvalue weighted by Crippen LogP contribution is 2.78. The third-order valence-corrected chi connectivity index (χ3v) is 10.5. The summed E-state index contributed by atoms with van der Waals surface area (Å²) in [6, 6.07) is 3.24. The third kappa shape index (κ3) is 2.73. The Bertz CT molecular complexity index is 1000. The summed E-state index contributed by atoms with van der Waals surface area (Å²) in [5, 5.41) is 21.0. The third-order valence-electron chi connectivity index (χ3n) is 10.5. The van der Waals surface area contributed by atoms with Gasteiger partial charge in [0.05, 0.1) is 12.4 Å². The number of hydrogen-bond acceptors (Lipinski definition) is 7. The molecular formula is C26H34O7. The minimum atomic E-state index is -0.421. The summed E-state index contributed by atoms with van der Waals surface area (Å²) in [7, 11) is 0. The summed E-state index contributed by atoms with van der Waals surface area (Å²) in [6.45, 7) is 3.85. The molecular weight excluding hydrogens is 424 g/mol. The first kappa shape index (κ1) is 21.8. The van der Waals surface area contributed by atoms with Crippen LogP contribution < -0.4 is 5.63 Å². The Balaban J connectivity index is 1.42. The van der Waals surface area contributed by atoms with E-state index in [2.05, 4.69) is 6.92 Å². The quantitative estimate of drug-likeness (QED) is 0.529. The van der Waals surface area contributed by atoms with Crippen molar-refractivity contribution in [3.05, 3.63) is 34.4 Å². The van der Waals surface area contributed by atoms with Crippen molar-refractivity contribution in [2.24, 2.45) is 28.6 Å². The van der Waals surface area contributed by atoms with Crippen molar-refractivity contribution in [1.82, 2.24) is 0 Å². The molecule has 0 aromatic carbocycles. The number of fused-ring (bicyclic) bond motifs is 3. The average Bonchev–Trinajstić information content (AvgIpc) is 3.49. The highest BCUT2D eigenvalue weighted by atomic mass is 16.7. The average molecular weight is 459 g/mol. The van der Waals surface area contributed by atoms with Crippen LogP contribution in [0.25, 0.3) is 0 Å². The second-order valence-corrected chi connectivity index (χ2v) is 11.5. The topological polar surface area (TPSA) is 110 Å². The van der Waals surface area contributed by atoms with Gasteiger partial charge in [0.2, 0.25) is 0 Å². The highest BCUT2D eigenvalue weighted by Gasteiger charge is 2.85. The first-order valence-corrected chi connectivity index (χ1v) is 12.5. The number of carbonyl (C=O) groups is 1. The number of ether oxygens (including phenoxy) is 2. The smallest absolute Gasteiger partial charge is 0.335 e. The summed E-state index contributed by atoms with van der Waals surface area (Å²) >= 11 is 0. The predicted molar refractivity (Wildman–Crippen MR) is 117 cm³/mol. The van der Waals surface area contributed by atoms with Crippen LogP contribution in [0.3, 0.4) is 0 Å². The van der Waals surface area contributed by atoms with Crippen molar-refractivity contribution in [3.63, 3.8) is 0 Å². The summed E-state index contributed by atoms with van der Waals surface area (Å²) in [6.07, 6.45) is 6.89. The van der Waals surface area contributed by atoms with Gasteiger partial charge in [0.25, 0.3) is 0 Å². The van der Waals surface area contributed by atoms with Crippen LogP contribution in [0.2, 0.25) is 0 Å². The molecule has 4 saturated carbocycles. The lowest BCUT2D eigenvalue weighted by atomic mass is 9.43. The number of carbonyl (C=O) groups excluding carboxylic acids is 1. The molecule has 4 unspecified atom stereocenters. The van der Waals surface area contributed by atoms with Gasteiger partial charge in [-0.3, -0.25) is 4.79 Å². The Morgan fingerprint density at radius 1 is 1.18 bits per heavy atom. The maximum absolute atomic E-state index is 12.1. The number of hydrogen-bond donors (Lipinski definition) is 2. The van der Waals surface area contributed by atoms with Gasteiger partial charge in [-0.05, 0) is 79.7 Å². The minimum absolute atomic E-state index is 0.110. The van der Waals surface area contributed by atoms with Crippen LogP contribution in [0.15, 0.2) is 27.6 Å². The molecule has 2 N–H and O–H groups in total. The summed E-state index contributed by atoms with van der Waals surface area (Å²) < 4.78 is 17.7. The van der Waals surface area contributed by atoms with Crippen molar-refractivity contribution in [2.45, 2.75) is 88.6 Å². The van der Waals surface area contributed by atoms with Crippen LogP contribution in [0.4, 0.5) is 0 Å². The van der Waals surface area contributed by atoms with Crippen molar-refractivity contribution in [1.29, 1.82) is 0 Å². The van der Waals surface area contributed by atoms with Crippen LogP contribution in [0, 0.1) is 28.6 Å². The molecule has 0 amide bonds. The van der Waals surface area contributed by atoms with Gasteiger partial charge in [0.15, 0.2) is 0 Å². The fraction of sp³-hybridized carbons (Fsp3) is 0.769. The molecule has 10 atom stereocenters. The van der Waals surface area contributed by atoms with Gasteiger partial charge in [0, 0.05) is 30.9 Å². The molecule has 1 aromatic rings. The largest absolute Gasteiger partial charge is 0.459 e. The van der Waals surface area contributed by atoms with E-state index in [1.807, 2.05) is 0 Å². The Hall–Kier alpha value is -1.70. The minimum Gasteiger partial charge on any atom is -0.459 e. The van der Waals surface area contributed by atoms with Crippen LogP contribution in [-0.2, 0) is 14.3 Å². The number of aliphatic hydroxyl groups excluding tert-OH is 2. The molecule has 7 nitrogen and oxygen atoms in total. The zero-order valence-electron chi connectivity index (χ0n) is 19.4. The Labute approximate surface area is 193 Å². The van der Waals surface area contributed by atoms with E-state index in [0.717, 1.165) is 50.5 Å². The molecule has 0 bridgehead atoms. The van der Waals surface area contributed by atoms with E-state index in [1.54, 1.807) is 6.07 Å². The number of aliphatic hydroxyl groups is 2. The SMILES string of the molecule is CC(=O)O[C@@H]1C(c2ccc(=O)oc2)C2(C)CCC3C(CC[C@@H]4C[C@@H](O)CC[C@]34CO)[C@]23O[C@H]13. The van der Waals surface area contributed by atoms with Gasteiger partial charge in [-0.2, -0.15) is 0 Å². The monoisotopic (exact) mass is 458 g/mol. The van der Waals surface area contributed by atoms with Crippen molar-refractivity contribution in [3.8, 4) is 0 Å². The molecule has 6 rings (SSSR count). The van der Waals surface area contributed by atoms with Gasteiger partial charge < -0.3 is 24.1 Å². The summed E-state index contributed by atoms with van der Waals surface area (Å²) in [5.74, 6) is 0.510. The number of rotatable bonds is 3. The van der Waals surface area contributed by atoms with E-state index in [9.17, 15) is 19.8 Å². The Morgan fingerprint density at radius 3 is 2.70 bits per heavy atom. The van der Waals surface area contributed by atoms with Crippen LogP contribution in [0.5, 0.6) is 0 Å². The van der Waals surface area contributed by atoms with E-state index in [0.29, 0.717) is 11.8 Å². The first-order valence-electron chi connectivity index (χ1n) is 12.5. The second kappa shape index (κ2) is 7.15. The van der Waals surface area contributed by atoms with Crippen molar-refractivity contribution in [2.75, 3.05) is 6.61 Å². The molecule has 0 radical (unpaired) electrons. The lowest BCUT2D eigenvalue weighted by Crippen LogP contribution is -2.60. The van der Waals surface area contributed by atoms with Gasteiger partial charge in [-0.15, -0.1) is 0 Å². The van der Waals surface area contributed by atoms with E-state index in [-0.39, 0.29) is 47.4 Å². The van der Waals surface area contributed by atoms with Crippen LogP contribution >= 0.6 is 0 Å². The highest BCUT2D eigenvalue weighted by molar-refractivity contribution is 5.66.